The number of ether oxygens (including phenoxy) is 1. The predicted molar refractivity (Wildman–Crippen MR) is 133 cm³/mol. The van der Waals surface area contributed by atoms with Crippen LogP contribution < -0.4 is 15.5 Å². The van der Waals surface area contributed by atoms with Gasteiger partial charge in [0.25, 0.3) is 5.91 Å². The van der Waals surface area contributed by atoms with Crippen LogP contribution in [0.4, 0.5) is 5.69 Å². The molecule has 0 saturated heterocycles. The fourth-order valence-electron chi connectivity index (χ4n) is 3.29. The second kappa shape index (κ2) is 9.48. The van der Waals surface area contributed by atoms with Crippen molar-refractivity contribution in [3.63, 3.8) is 0 Å². The van der Waals surface area contributed by atoms with E-state index in [1.54, 1.807) is 42.5 Å². The molecule has 8 heteroatoms. The van der Waals surface area contributed by atoms with Crippen molar-refractivity contribution in [3.05, 3.63) is 91.5 Å². The van der Waals surface area contributed by atoms with Crippen molar-refractivity contribution >= 4 is 57.4 Å². The van der Waals surface area contributed by atoms with Gasteiger partial charge in [-0.1, -0.05) is 65.1 Å². The Morgan fingerprint density at radius 1 is 1.00 bits per heavy atom. The van der Waals surface area contributed by atoms with Crippen molar-refractivity contribution in [1.82, 2.24) is 0 Å². The lowest BCUT2D eigenvalue weighted by Crippen LogP contribution is -2.31. The second-order valence-electron chi connectivity index (χ2n) is 7.46. The van der Waals surface area contributed by atoms with Crippen LogP contribution >= 0.6 is 34.8 Å². The Kier molecular flexibility index (Phi) is 6.66. The highest BCUT2D eigenvalue weighted by molar-refractivity contribution is 6.35. The smallest absolute Gasteiger partial charge is 0.265 e. The maximum Gasteiger partial charge on any atom is 0.265 e. The van der Waals surface area contributed by atoms with Gasteiger partial charge < -0.3 is 14.5 Å². The number of carbonyl (C=O) groups excluding carboxylic acids is 1. The molecule has 0 spiro atoms. The van der Waals surface area contributed by atoms with Gasteiger partial charge in [0.05, 0.1) is 5.39 Å². The average Bonchev–Trinajstić information content (AvgIpc) is 2.76. The second-order valence-corrected chi connectivity index (χ2v) is 8.74. The molecule has 1 aromatic heterocycles. The first-order valence-corrected chi connectivity index (χ1v) is 11.1. The van der Waals surface area contributed by atoms with Crippen LogP contribution in [0.3, 0.4) is 0 Å². The van der Waals surface area contributed by atoms with Crippen molar-refractivity contribution in [3.8, 4) is 17.1 Å². The molecule has 33 heavy (non-hydrogen) atoms. The fraction of sp³-hybridized carbons (Fsp3) is 0.120. The zero-order chi connectivity index (χ0) is 23.7. The van der Waals surface area contributed by atoms with Crippen LogP contribution in [0.2, 0.25) is 15.1 Å². The Morgan fingerprint density at radius 3 is 2.33 bits per heavy atom. The Hall–Kier alpha value is -2.99. The summed E-state index contributed by atoms with van der Waals surface area (Å²) < 4.78 is 12.0. The first kappa shape index (κ1) is 23.2. The van der Waals surface area contributed by atoms with Crippen LogP contribution in [0.5, 0.6) is 5.75 Å². The molecule has 1 heterocycles. The molecule has 1 N–H and O–H groups in total. The Bertz CT molecular complexity index is 1400. The van der Waals surface area contributed by atoms with Crippen LogP contribution in [0.15, 0.2) is 69.9 Å². The Morgan fingerprint density at radius 2 is 1.67 bits per heavy atom. The van der Waals surface area contributed by atoms with Crippen LogP contribution in [-0.2, 0) is 4.79 Å². The molecule has 1 unspecified atom stereocenters. The van der Waals surface area contributed by atoms with Gasteiger partial charge in [-0.2, -0.15) is 0 Å². The minimum Gasteiger partial charge on any atom is -0.473 e. The van der Waals surface area contributed by atoms with Crippen molar-refractivity contribution in [1.29, 1.82) is 0 Å². The molecular formula is C25H18Cl3NO4. The van der Waals surface area contributed by atoms with Crippen molar-refractivity contribution < 1.29 is 13.9 Å². The maximum atomic E-state index is 13.4. The van der Waals surface area contributed by atoms with Crippen molar-refractivity contribution in [2.45, 2.75) is 20.0 Å². The molecule has 4 aromatic rings. The molecule has 5 nitrogen and oxygen atoms in total. The molecule has 0 aliphatic rings. The number of anilines is 1. The molecule has 3 aromatic carbocycles. The summed E-state index contributed by atoms with van der Waals surface area (Å²) in [5.41, 5.74) is 1.76. The number of amides is 1. The van der Waals surface area contributed by atoms with Crippen LogP contribution in [0.25, 0.3) is 22.3 Å². The number of halogens is 3. The van der Waals surface area contributed by atoms with Crippen LogP contribution in [-0.4, -0.2) is 12.0 Å². The lowest BCUT2D eigenvalue weighted by Gasteiger charge is -2.17. The maximum absolute atomic E-state index is 13.4. The summed E-state index contributed by atoms with van der Waals surface area (Å²) in [6.45, 7) is 3.35. The van der Waals surface area contributed by atoms with E-state index in [0.29, 0.717) is 31.9 Å². The Labute approximate surface area is 204 Å². The van der Waals surface area contributed by atoms with Gasteiger partial charge >= 0.3 is 0 Å². The molecule has 4 rings (SSSR count). The molecule has 0 fully saturated rings. The van der Waals surface area contributed by atoms with Gasteiger partial charge in [-0.15, -0.1) is 0 Å². The lowest BCUT2D eigenvalue weighted by atomic mass is 10.1. The van der Waals surface area contributed by atoms with Gasteiger partial charge in [-0.3, -0.25) is 9.59 Å². The van der Waals surface area contributed by atoms with E-state index >= 15 is 0 Å². The highest BCUT2D eigenvalue weighted by Gasteiger charge is 2.23. The monoisotopic (exact) mass is 501 g/mol. The SMILES string of the molecule is Cc1cc2oc(-c3ccccc3)c(OC(C)C(=O)Nc3cc(Cl)cc(Cl)c3)c(=O)c2cc1Cl. The third kappa shape index (κ3) is 5.01. The topological polar surface area (TPSA) is 68.5 Å². The number of benzene rings is 3. The molecule has 0 saturated carbocycles. The summed E-state index contributed by atoms with van der Waals surface area (Å²) in [7, 11) is 0. The summed E-state index contributed by atoms with van der Waals surface area (Å²) in [6.07, 6.45) is -1.04. The molecule has 0 aliphatic heterocycles. The lowest BCUT2D eigenvalue weighted by molar-refractivity contribution is -0.122. The summed E-state index contributed by atoms with van der Waals surface area (Å²) in [5, 5.41) is 4.13. The van der Waals surface area contributed by atoms with Gasteiger partial charge in [0.1, 0.15) is 5.58 Å². The van der Waals surface area contributed by atoms with E-state index in [0.717, 1.165) is 5.56 Å². The van der Waals surface area contributed by atoms with E-state index in [-0.39, 0.29) is 16.9 Å². The van der Waals surface area contributed by atoms with Gasteiger partial charge in [0.15, 0.2) is 11.9 Å². The summed E-state index contributed by atoms with van der Waals surface area (Å²) in [5.74, 6) is -0.352. The van der Waals surface area contributed by atoms with Gasteiger partial charge in [-0.25, -0.2) is 0 Å². The number of nitrogens with one attached hydrogen (secondary N) is 1. The Balaban J connectivity index is 1.75. The highest BCUT2D eigenvalue weighted by atomic mass is 35.5. The molecular weight excluding hydrogens is 485 g/mol. The fourth-order valence-corrected chi connectivity index (χ4v) is 3.98. The predicted octanol–water partition coefficient (Wildman–Crippen LogP) is 7.13. The summed E-state index contributed by atoms with van der Waals surface area (Å²) in [4.78, 5) is 26.2. The largest absolute Gasteiger partial charge is 0.473 e. The summed E-state index contributed by atoms with van der Waals surface area (Å²) >= 11 is 18.2. The minimum atomic E-state index is -1.04. The third-order valence-electron chi connectivity index (χ3n) is 4.96. The third-order valence-corrected chi connectivity index (χ3v) is 5.80. The van der Waals surface area contributed by atoms with Gasteiger partial charge in [-0.05, 0) is 49.7 Å². The quantitative estimate of drug-likeness (QED) is 0.315. The number of rotatable bonds is 5. The zero-order valence-electron chi connectivity index (χ0n) is 17.6. The number of fused-ring (bicyclic) bond motifs is 1. The molecule has 0 bridgehead atoms. The molecule has 1 atom stereocenters. The minimum absolute atomic E-state index is 0.0830. The number of carbonyl (C=O) groups is 1. The average molecular weight is 503 g/mol. The molecule has 0 radical (unpaired) electrons. The molecule has 0 aliphatic carbocycles. The first-order chi connectivity index (χ1) is 15.7. The van der Waals surface area contributed by atoms with E-state index < -0.39 is 17.4 Å². The van der Waals surface area contributed by atoms with Crippen molar-refractivity contribution in [2.75, 3.05) is 5.32 Å². The normalized spacial score (nSPS) is 11.9. The van der Waals surface area contributed by atoms with E-state index in [4.69, 9.17) is 44.0 Å². The number of hydrogen-bond donors (Lipinski definition) is 1. The van der Waals surface area contributed by atoms with E-state index in [1.807, 2.05) is 25.1 Å². The van der Waals surface area contributed by atoms with Gasteiger partial charge in [0.2, 0.25) is 11.2 Å². The highest BCUT2D eigenvalue weighted by Crippen LogP contribution is 2.33. The van der Waals surface area contributed by atoms with Crippen LogP contribution in [0.1, 0.15) is 12.5 Å². The van der Waals surface area contributed by atoms with Crippen molar-refractivity contribution in [2.24, 2.45) is 0 Å². The zero-order valence-corrected chi connectivity index (χ0v) is 19.9. The van der Waals surface area contributed by atoms with E-state index in [2.05, 4.69) is 5.32 Å². The van der Waals surface area contributed by atoms with E-state index in [9.17, 15) is 9.59 Å². The summed E-state index contributed by atoms with van der Waals surface area (Å²) in [6, 6.07) is 17.0. The number of hydrogen-bond acceptors (Lipinski definition) is 4. The van der Waals surface area contributed by atoms with Crippen LogP contribution in [0, 0.1) is 6.92 Å². The first-order valence-electron chi connectivity index (χ1n) is 9.99. The standard InChI is InChI=1S/C25H18Cl3NO4/c1-13-8-21-19(12-20(13)28)22(30)24(23(33-21)15-6-4-3-5-7-15)32-14(2)25(31)29-18-10-16(26)9-17(27)11-18/h3-12,14H,1-2H3,(H,29,31). The molecule has 168 valence electrons. The number of aryl methyl sites for hydroxylation is 1. The van der Waals surface area contributed by atoms with Gasteiger partial charge in [0, 0.05) is 26.3 Å². The molecule has 1 amide bonds. The van der Waals surface area contributed by atoms with E-state index in [1.165, 1.54) is 6.92 Å².